The largest absolute Gasteiger partial charge is 0.481 e. The third-order valence-corrected chi connectivity index (χ3v) is 3.10. The van der Waals surface area contributed by atoms with Crippen molar-refractivity contribution in [3.8, 4) is 0 Å². The van der Waals surface area contributed by atoms with E-state index in [1.54, 1.807) is 6.08 Å². The molecule has 0 spiro atoms. The van der Waals surface area contributed by atoms with E-state index in [1.807, 2.05) is 6.92 Å². The van der Waals surface area contributed by atoms with E-state index in [-0.39, 0.29) is 11.8 Å². The number of amides is 1. The highest BCUT2D eigenvalue weighted by Gasteiger charge is 2.40. The van der Waals surface area contributed by atoms with Crippen LogP contribution in [0.2, 0.25) is 0 Å². The molecular weight excluding hydrogens is 206 g/mol. The minimum absolute atomic E-state index is 0.126. The maximum Gasteiger partial charge on any atom is 0.307 e. The Morgan fingerprint density at radius 1 is 1.44 bits per heavy atom. The Kier molecular flexibility index (Phi) is 4.52. The molecule has 1 fully saturated rings. The van der Waals surface area contributed by atoms with Crippen LogP contribution in [-0.2, 0) is 9.59 Å². The van der Waals surface area contributed by atoms with Crippen molar-refractivity contribution in [2.75, 3.05) is 6.54 Å². The summed E-state index contributed by atoms with van der Waals surface area (Å²) in [5.74, 6) is -1.54. The van der Waals surface area contributed by atoms with Gasteiger partial charge in [-0.25, -0.2) is 0 Å². The molecule has 16 heavy (non-hydrogen) atoms. The van der Waals surface area contributed by atoms with Crippen LogP contribution in [0.1, 0.15) is 26.2 Å². The van der Waals surface area contributed by atoms with Gasteiger partial charge in [-0.1, -0.05) is 13.0 Å². The Balaban J connectivity index is 2.53. The van der Waals surface area contributed by atoms with Crippen LogP contribution in [0.4, 0.5) is 0 Å². The molecule has 3 unspecified atom stereocenters. The van der Waals surface area contributed by atoms with E-state index in [9.17, 15) is 9.59 Å². The molecule has 0 aromatic heterocycles. The van der Waals surface area contributed by atoms with E-state index in [4.69, 9.17) is 5.11 Å². The highest BCUT2D eigenvalue weighted by molar-refractivity contribution is 5.85. The van der Waals surface area contributed by atoms with Crippen molar-refractivity contribution in [1.29, 1.82) is 0 Å². The van der Waals surface area contributed by atoms with Crippen LogP contribution in [0.3, 0.4) is 0 Å². The quantitative estimate of drug-likeness (QED) is 0.549. The number of hydrogen-bond acceptors (Lipinski definition) is 2. The van der Waals surface area contributed by atoms with E-state index in [1.165, 1.54) is 0 Å². The standard InChI is InChI=1S/C12H19NO3/c1-3-4-5-13-11(14)9-6-8(2)7-10(9)12(15)16/h3,8-10H,1,4-7H2,2H3,(H,13,14)(H,15,16). The first kappa shape index (κ1) is 12.7. The fourth-order valence-electron chi connectivity index (χ4n) is 2.28. The zero-order chi connectivity index (χ0) is 12.1. The summed E-state index contributed by atoms with van der Waals surface area (Å²) < 4.78 is 0. The molecule has 1 saturated carbocycles. The number of nitrogens with one attached hydrogen (secondary N) is 1. The molecule has 1 aliphatic rings. The molecule has 1 amide bonds. The number of aliphatic carboxylic acids is 1. The lowest BCUT2D eigenvalue weighted by Crippen LogP contribution is -2.35. The van der Waals surface area contributed by atoms with E-state index in [2.05, 4.69) is 11.9 Å². The van der Waals surface area contributed by atoms with Gasteiger partial charge in [0.05, 0.1) is 11.8 Å². The van der Waals surface area contributed by atoms with Crippen molar-refractivity contribution in [1.82, 2.24) is 5.32 Å². The average molecular weight is 225 g/mol. The molecule has 4 heteroatoms. The van der Waals surface area contributed by atoms with Gasteiger partial charge in [-0.3, -0.25) is 9.59 Å². The lowest BCUT2D eigenvalue weighted by Gasteiger charge is -2.14. The van der Waals surface area contributed by atoms with Crippen LogP contribution < -0.4 is 5.32 Å². The molecule has 1 aliphatic carbocycles. The van der Waals surface area contributed by atoms with Gasteiger partial charge in [-0.05, 0) is 25.2 Å². The van der Waals surface area contributed by atoms with Gasteiger partial charge in [0.15, 0.2) is 0 Å². The van der Waals surface area contributed by atoms with Crippen molar-refractivity contribution in [3.63, 3.8) is 0 Å². The fraction of sp³-hybridized carbons (Fsp3) is 0.667. The maximum atomic E-state index is 11.8. The summed E-state index contributed by atoms with van der Waals surface area (Å²) in [5, 5.41) is 11.8. The minimum atomic E-state index is -0.853. The van der Waals surface area contributed by atoms with E-state index in [0.717, 1.165) is 0 Å². The van der Waals surface area contributed by atoms with Crippen molar-refractivity contribution in [3.05, 3.63) is 12.7 Å². The van der Waals surface area contributed by atoms with Crippen LogP contribution in [0.25, 0.3) is 0 Å². The molecule has 3 atom stereocenters. The predicted octanol–water partition coefficient (Wildman–Crippen LogP) is 1.43. The van der Waals surface area contributed by atoms with Crippen LogP contribution in [0.5, 0.6) is 0 Å². The SMILES string of the molecule is C=CCCNC(=O)C1CC(C)CC1C(=O)O. The second-order valence-corrected chi connectivity index (χ2v) is 4.50. The number of rotatable bonds is 5. The lowest BCUT2D eigenvalue weighted by atomic mass is 9.95. The molecule has 2 N–H and O–H groups in total. The van der Waals surface area contributed by atoms with Gasteiger partial charge >= 0.3 is 5.97 Å². The van der Waals surface area contributed by atoms with Gasteiger partial charge in [-0.2, -0.15) is 0 Å². The Hall–Kier alpha value is -1.32. The van der Waals surface area contributed by atoms with Crippen LogP contribution >= 0.6 is 0 Å². The van der Waals surface area contributed by atoms with E-state index in [0.29, 0.717) is 31.7 Å². The van der Waals surface area contributed by atoms with E-state index >= 15 is 0 Å². The summed E-state index contributed by atoms with van der Waals surface area (Å²) in [5.41, 5.74) is 0. The van der Waals surface area contributed by atoms with Crippen LogP contribution in [0, 0.1) is 17.8 Å². The predicted molar refractivity (Wildman–Crippen MR) is 60.8 cm³/mol. The van der Waals surface area contributed by atoms with Crippen molar-refractivity contribution < 1.29 is 14.7 Å². The van der Waals surface area contributed by atoms with E-state index < -0.39 is 11.9 Å². The molecule has 1 rings (SSSR count). The maximum absolute atomic E-state index is 11.8. The Morgan fingerprint density at radius 2 is 2.06 bits per heavy atom. The fourth-order valence-corrected chi connectivity index (χ4v) is 2.28. The first-order valence-electron chi connectivity index (χ1n) is 5.67. The molecule has 0 aliphatic heterocycles. The minimum Gasteiger partial charge on any atom is -0.481 e. The van der Waals surface area contributed by atoms with Gasteiger partial charge in [0.25, 0.3) is 0 Å². The highest BCUT2D eigenvalue weighted by atomic mass is 16.4. The van der Waals surface area contributed by atoms with Gasteiger partial charge < -0.3 is 10.4 Å². The second kappa shape index (κ2) is 5.68. The lowest BCUT2D eigenvalue weighted by molar-refractivity contribution is -0.146. The molecule has 0 aromatic carbocycles. The van der Waals surface area contributed by atoms with Gasteiger partial charge in [0, 0.05) is 6.54 Å². The summed E-state index contributed by atoms with van der Waals surface area (Å²) in [6.07, 6.45) is 3.73. The molecule has 0 heterocycles. The van der Waals surface area contributed by atoms with Gasteiger partial charge in [0.1, 0.15) is 0 Å². The average Bonchev–Trinajstić information content (AvgIpc) is 2.61. The smallest absolute Gasteiger partial charge is 0.307 e. The summed E-state index contributed by atoms with van der Waals surface area (Å²) in [6, 6.07) is 0. The molecule has 0 saturated heterocycles. The molecule has 0 radical (unpaired) electrons. The van der Waals surface area contributed by atoms with Gasteiger partial charge in [-0.15, -0.1) is 6.58 Å². The summed E-state index contributed by atoms with van der Waals surface area (Å²) in [6.45, 7) is 6.10. The zero-order valence-corrected chi connectivity index (χ0v) is 9.61. The third-order valence-electron chi connectivity index (χ3n) is 3.10. The molecule has 90 valence electrons. The molecule has 0 bridgehead atoms. The van der Waals surface area contributed by atoms with Crippen molar-refractivity contribution in [2.45, 2.75) is 26.2 Å². The van der Waals surface area contributed by atoms with Crippen LogP contribution in [-0.4, -0.2) is 23.5 Å². The molecular formula is C12H19NO3. The second-order valence-electron chi connectivity index (χ2n) is 4.50. The summed E-state index contributed by atoms with van der Waals surface area (Å²) in [7, 11) is 0. The number of carboxylic acids is 1. The number of carbonyl (C=O) groups excluding carboxylic acids is 1. The topological polar surface area (TPSA) is 66.4 Å². The molecule has 4 nitrogen and oxygen atoms in total. The number of hydrogen-bond donors (Lipinski definition) is 2. The molecule has 0 aromatic rings. The zero-order valence-electron chi connectivity index (χ0n) is 9.61. The Bertz CT molecular complexity index is 288. The number of carbonyl (C=O) groups is 2. The first-order chi connectivity index (χ1) is 7.56. The van der Waals surface area contributed by atoms with Gasteiger partial charge in [0.2, 0.25) is 5.91 Å². The number of carboxylic acid groups (broad SMARTS) is 1. The van der Waals surface area contributed by atoms with Crippen LogP contribution in [0.15, 0.2) is 12.7 Å². The first-order valence-corrected chi connectivity index (χ1v) is 5.67. The monoisotopic (exact) mass is 225 g/mol. The van der Waals surface area contributed by atoms with Crippen molar-refractivity contribution in [2.24, 2.45) is 17.8 Å². The normalized spacial score (nSPS) is 28.7. The summed E-state index contributed by atoms with van der Waals surface area (Å²) in [4.78, 5) is 22.8. The van der Waals surface area contributed by atoms with Crippen molar-refractivity contribution >= 4 is 11.9 Å². The highest BCUT2D eigenvalue weighted by Crippen LogP contribution is 2.36. The third kappa shape index (κ3) is 3.08. The Labute approximate surface area is 95.7 Å². The summed E-state index contributed by atoms with van der Waals surface area (Å²) >= 11 is 0. The Morgan fingerprint density at radius 3 is 2.62 bits per heavy atom.